The van der Waals surface area contributed by atoms with E-state index in [1.807, 2.05) is 17.9 Å². The second-order valence-electron chi connectivity index (χ2n) is 7.22. The van der Waals surface area contributed by atoms with Gasteiger partial charge in [0.2, 0.25) is 5.91 Å². The molecule has 0 radical (unpaired) electrons. The van der Waals surface area contributed by atoms with Crippen molar-refractivity contribution in [1.29, 1.82) is 0 Å². The third-order valence-corrected chi connectivity index (χ3v) is 5.06. The van der Waals surface area contributed by atoms with Crippen molar-refractivity contribution in [3.05, 3.63) is 17.7 Å². The zero-order valence-electron chi connectivity index (χ0n) is 17.2. The van der Waals surface area contributed by atoms with Crippen molar-refractivity contribution in [1.82, 2.24) is 10.2 Å². The number of hydrogen-bond donors (Lipinski definition) is 3. The lowest BCUT2D eigenvalue weighted by Gasteiger charge is -2.29. The van der Waals surface area contributed by atoms with Crippen molar-refractivity contribution >= 4 is 17.5 Å². The van der Waals surface area contributed by atoms with E-state index in [0.29, 0.717) is 37.4 Å². The molecule has 1 atom stereocenters. The summed E-state index contributed by atoms with van der Waals surface area (Å²) in [6.45, 7) is 8.28. The van der Waals surface area contributed by atoms with Crippen LogP contribution in [-0.4, -0.2) is 54.1 Å². The van der Waals surface area contributed by atoms with Gasteiger partial charge in [-0.15, -0.1) is 0 Å². The van der Waals surface area contributed by atoms with Crippen molar-refractivity contribution in [3.63, 3.8) is 0 Å². The van der Waals surface area contributed by atoms with E-state index in [9.17, 15) is 14.7 Å². The number of nitrogens with zero attached hydrogens (tertiary/aromatic N) is 1. The number of rotatable bonds is 11. The molecule has 156 valence electrons. The van der Waals surface area contributed by atoms with Crippen molar-refractivity contribution in [2.24, 2.45) is 0 Å². The summed E-state index contributed by atoms with van der Waals surface area (Å²) in [4.78, 5) is 25.7. The number of phenols is 1. The molecule has 1 heterocycles. The van der Waals surface area contributed by atoms with E-state index in [2.05, 4.69) is 24.5 Å². The van der Waals surface area contributed by atoms with Crippen LogP contribution < -0.4 is 15.4 Å². The van der Waals surface area contributed by atoms with Crippen LogP contribution in [0.4, 0.5) is 5.69 Å². The Kier molecular flexibility index (Phi) is 8.57. The van der Waals surface area contributed by atoms with Gasteiger partial charge in [0.1, 0.15) is 11.4 Å². The number of hydrogen-bond acceptors (Lipinski definition) is 5. The van der Waals surface area contributed by atoms with E-state index >= 15 is 0 Å². The van der Waals surface area contributed by atoms with Crippen LogP contribution in [0.2, 0.25) is 0 Å². The molecule has 1 aliphatic rings. The second kappa shape index (κ2) is 10.9. The highest BCUT2D eigenvalue weighted by atomic mass is 16.5. The molecular weight excluding hydrogens is 358 g/mol. The quantitative estimate of drug-likeness (QED) is 0.398. The number of anilines is 1. The van der Waals surface area contributed by atoms with Crippen molar-refractivity contribution < 1.29 is 19.4 Å². The van der Waals surface area contributed by atoms with E-state index in [4.69, 9.17) is 4.74 Å². The molecule has 7 heteroatoms. The van der Waals surface area contributed by atoms with E-state index < -0.39 is 0 Å². The summed E-state index contributed by atoms with van der Waals surface area (Å²) in [5, 5.41) is 16.0. The highest BCUT2D eigenvalue weighted by molar-refractivity contribution is 5.97. The number of ether oxygens (including phenoxy) is 1. The Labute approximate surface area is 167 Å². The van der Waals surface area contributed by atoms with E-state index in [0.717, 1.165) is 31.4 Å². The number of benzene rings is 1. The molecule has 1 unspecified atom stereocenters. The highest BCUT2D eigenvalue weighted by Crippen LogP contribution is 2.39. The fourth-order valence-corrected chi connectivity index (χ4v) is 3.41. The third kappa shape index (κ3) is 5.86. The molecule has 1 aromatic carbocycles. The number of carbonyl (C=O) groups excluding carboxylic acids is 2. The van der Waals surface area contributed by atoms with Crippen LogP contribution in [0.25, 0.3) is 0 Å². The molecule has 0 saturated carbocycles. The van der Waals surface area contributed by atoms with Crippen molar-refractivity contribution in [2.45, 2.75) is 58.9 Å². The summed E-state index contributed by atoms with van der Waals surface area (Å²) in [6.07, 6.45) is 4.52. The Morgan fingerprint density at radius 2 is 2.14 bits per heavy atom. The van der Waals surface area contributed by atoms with Gasteiger partial charge in [-0.25, -0.2) is 0 Å². The molecule has 2 rings (SSSR count). The SMILES string of the molecule is CCCCC(C)N(CCNCCc1ccc(O)c2c1OCC(=O)N2)C(=O)CC. The molecule has 28 heavy (non-hydrogen) atoms. The summed E-state index contributed by atoms with van der Waals surface area (Å²) >= 11 is 0. The second-order valence-corrected chi connectivity index (χ2v) is 7.22. The first-order valence-corrected chi connectivity index (χ1v) is 10.3. The molecule has 0 aromatic heterocycles. The Balaban J connectivity index is 1.84. The summed E-state index contributed by atoms with van der Waals surface area (Å²) in [6, 6.07) is 3.64. The van der Waals surface area contributed by atoms with Crippen molar-refractivity contribution in [3.8, 4) is 11.5 Å². The average Bonchev–Trinajstić information content (AvgIpc) is 2.70. The fourth-order valence-electron chi connectivity index (χ4n) is 3.41. The molecule has 1 aromatic rings. The lowest BCUT2D eigenvalue weighted by atomic mass is 10.1. The third-order valence-electron chi connectivity index (χ3n) is 5.06. The molecule has 0 aliphatic carbocycles. The number of fused-ring (bicyclic) bond motifs is 1. The van der Waals surface area contributed by atoms with E-state index in [1.165, 1.54) is 0 Å². The van der Waals surface area contributed by atoms with Crippen LogP contribution in [-0.2, 0) is 16.0 Å². The minimum atomic E-state index is -0.268. The van der Waals surface area contributed by atoms with E-state index in [1.54, 1.807) is 6.07 Å². The minimum absolute atomic E-state index is 0.00884. The molecule has 0 bridgehead atoms. The number of nitrogens with one attached hydrogen (secondary N) is 2. The molecule has 0 saturated heterocycles. The van der Waals surface area contributed by atoms with Gasteiger partial charge in [-0.05, 0) is 37.9 Å². The molecule has 3 N–H and O–H groups in total. The summed E-state index contributed by atoms with van der Waals surface area (Å²) < 4.78 is 5.51. The maximum Gasteiger partial charge on any atom is 0.262 e. The van der Waals surface area contributed by atoms with Gasteiger partial charge < -0.3 is 25.4 Å². The maximum absolute atomic E-state index is 12.2. The van der Waals surface area contributed by atoms with Crippen LogP contribution >= 0.6 is 0 Å². The predicted molar refractivity (Wildman–Crippen MR) is 110 cm³/mol. The van der Waals surface area contributed by atoms with Crippen LogP contribution in [0.5, 0.6) is 11.5 Å². The van der Waals surface area contributed by atoms with Gasteiger partial charge in [-0.1, -0.05) is 32.8 Å². The normalized spacial score (nSPS) is 14.0. The summed E-state index contributed by atoms with van der Waals surface area (Å²) in [5.41, 5.74) is 1.27. The number of aromatic hydroxyl groups is 1. The van der Waals surface area contributed by atoms with Gasteiger partial charge in [0.15, 0.2) is 12.4 Å². The maximum atomic E-state index is 12.2. The van der Waals surface area contributed by atoms with Gasteiger partial charge in [0.05, 0.1) is 0 Å². The topological polar surface area (TPSA) is 90.9 Å². The molecule has 0 fully saturated rings. The van der Waals surface area contributed by atoms with Crippen LogP contribution in [0, 0.1) is 0 Å². The molecular formula is C21H33N3O4. The molecule has 7 nitrogen and oxygen atoms in total. The Morgan fingerprint density at radius 3 is 2.86 bits per heavy atom. The Bertz CT molecular complexity index is 678. The van der Waals surface area contributed by atoms with Gasteiger partial charge >= 0.3 is 0 Å². The van der Waals surface area contributed by atoms with Crippen molar-refractivity contribution in [2.75, 3.05) is 31.6 Å². The number of phenolic OH excluding ortho intramolecular Hbond substituents is 1. The minimum Gasteiger partial charge on any atom is -0.506 e. The fraction of sp³-hybridized carbons (Fsp3) is 0.619. The first-order valence-electron chi connectivity index (χ1n) is 10.3. The van der Waals surface area contributed by atoms with Gasteiger partial charge in [0.25, 0.3) is 5.91 Å². The standard InChI is InChI=1S/C21H33N3O4/c1-4-6-7-15(3)24(19(27)5-2)13-12-22-11-10-16-8-9-17(25)20-21(16)28-14-18(26)23-20/h8-9,15,22,25H,4-7,10-14H2,1-3H3,(H,23,26). The first kappa shape index (κ1) is 22.0. The van der Waals surface area contributed by atoms with Crippen LogP contribution in [0.3, 0.4) is 0 Å². The average molecular weight is 392 g/mol. The number of carbonyl (C=O) groups is 2. The monoisotopic (exact) mass is 391 g/mol. The van der Waals surface area contributed by atoms with Gasteiger partial charge in [-0.3, -0.25) is 9.59 Å². The van der Waals surface area contributed by atoms with Gasteiger partial charge in [0, 0.05) is 25.6 Å². The first-order chi connectivity index (χ1) is 13.5. The summed E-state index contributed by atoms with van der Waals surface area (Å²) in [5.74, 6) is 0.477. The summed E-state index contributed by atoms with van der Waals surface area (Å²) in [7, 11) is 0. The lowest BCUT2D eigenvalue weighted by Crippen LogP contribution is -2.42. The van der Waals surface area contributed by atoms with Crippen LogP contribution in [0.1, 0.15) is 52.0 Å². The van der Waals surface area contributed by atoms with Gasteiger partial charge in [-0.2, -0.15) is 0 Å². The zero-order chi connectivity index (χ0) is 20.5. The lowest BCUT2D eigenvalue weighted by molar-refractivity contribution is -0.133. The largest absolute Gasteiger partial charge is 0.506 e. The zero-order valence-corrected chi connectivity index (χ0v) is 17.2. The smallest absolute Gasteiger partial charge is 0.262 e. The number of unbranched alkanes of at least 4 members (excludes halogenated alkanes) is 1. The highest BCUT2D eigenvalue weighted by Gasteiger charge is 2.22. The van der Waals surface area contributed by atoms with E-state index in [-0.39, 0.29) is 30.2 Å². The molecule has 0 spiro atoms. The molecule has 2 amide bonds. The predicted octanol–water partition coefficient (Wildman–Crippen LogP) is 2.67. The van der Waals surface area contributed by atoms with Crippen LogP contribution in [0.15, 0.2) is 12.1 Å². The Hall–Kier alpha value is -2.28. The molecule has 1 aliphatic heterocycles. The number of amides is 2. The Morgan fingerprint density at radius 1 is 1.36 bits per heavy atom.